The van der Waals surface area contributed by atoms with Crippen LogP contribution in [-0.2, 0) is 11.2 Å². The molecule has 1 N–H and O–H groups in total. The summed E-state index contributed by atoms with van der Waals surface area (Å²) in [6, 6.07) is 13.8. The molecule has 1 saturated heterocycles. The van der Waals surface area contributed by atoms with Crippen molar-refractivity contribution < 1.29 is 9.32 Å². The van der Waals surface area contributed by atoms with Gasteiger partial charge in [-0.3, -0.25) is 14.7 Å². The van der Waals surface area contributed by atoms with Crippen molar-refractivity contribution in [2.24, 2.45) is 0 Å². The summed E-state index contributed by atoms with van der Waals surface area (Å²) < 4.78 is 5.32. The van der Waals surface area contributed by atoms with Crippen molar-refractivity contribution in [1.29, 1.82) is 0 Å². The Morgan fingerprint density at radius 3 is 2.58 bits per heavy atom. The molecule has 0 bridgehead atoms. The third-order valence-corrected chi connectivity index (χ3v) is 5.55. The summed E-state index contributed by atoms with van der Waals surface area (Å²) in [6.45, 7) is 4.92. The van der Waals surface area contributed by atoms with Crippen LogP contribution in [0.15, 0.2) is 59.4 Å². The number of nitrogens with one attached hydrogen (secondary N) is 1. The van der Waals surface area contributed by atoms with Gasteiger partial charge < -0.3 is 14.7 Å². The van der Waals surface area contributed by atoms with E-state index in [1.165, 1.54) is 0 Å². The Bertz CT molecular complexity index is 954. The maximum absolute atomic E-state index is 12.7. The van der Waals surface area contributed by atoms with Gasteiger partial charge in [0, 0.05) is 63.5 Å². The standard InChI is InChI=1S/C23H28N6O2/c1-28-13-15-29(16-14-28)17-20(18-5-3-2-4-6-18)25-21(30)7-8-22-26-23(27-31-22)19-9-11-24-12-10-19/h2-6,9-12,20H,7-8,13-17H2,1H3,(H,25,30). The van der Waals surface area contributed by atoms with Crippen molar-refractivity contribution in [2.45, 2.75) is 18.9 Å². The number of pyridine rings is 1. The smallest absolute Gasteiger partial charge is 0.227 e. The number of carbonyl (C=O) groups excluding carboxylic acids is 1. The first-order valence-corrected chi connectivity index (χ1v) is 10.7. The van der Waals surface area contributed by atoms with E-state index in [1.807, 2.05) is 30.3 Å². The van der Waals surface area contributed by atoms with Crippen molar-refractivity contribution in [3.8, 4) is 11.4 Å². The summed E-state index contributed by atoms with van der Waals surface area (Å²) in [4.78, 5) is 25.9. The summed E-state index contributed by atoms with van der Waals surface area (Å²) in [5.41, 5.74) is 1.96. The quantitative estimate of drug-likeness (QED) is 0.598. The van der Waals surface area contributed by atoms with Crippen molar-refractivity contribution in [2.75, 3.05) is 39.8 Å². The van der Waals surface area contributed by atoms with E-state index in [1.54, 1.807) is 12.4 Å². The molecule has 1 aliphatic heterocycles. The van der Waals surface area contributed by atoms with Gasteiger partial charge in [-0.15, -0.1) is 0 Å². The molecule has 2 aromatic heterocycles. The molecule has 8 nitrogen and oxygen atoms in total. The molecule has 1 unspecified atom stereocenters. The van der Waals surface area contributed by atoms with Crippen LogP contribution >= 0.6 is 0 Å². The van der Waals surface area contributed by atoms with Gasteiger partial charge in [0.25, 0.3) is 0 Å². The van der Waals surface area contributed by atoms with Crippen LogP contribution in [0.1, 0.15) is 23.9 Å². The Hall–Kier alpha value is -3.10. The average molecular weight is 421 g/mol. The van der Waals surface area contributed by atoms with E-state index in [2.05, 4.69) is 49.4 Å². The summed E-state index contributed by atoms with van der Waals surface area (Å²) in [6.07, 6.45) is 4.07. The van der Waals surface area contributed by atoms with E-state index in [0.717, 1.165) is 43.9 Å². The Labute approximate surface area is 182 Å². The van der Waals surface area contributed by atoms with Gasteiger partial charge in [0.1, 0.15) is 0 Å². The van der Waals surface area contributed by atoms with Crippen molar-refractivity contribution in [3.63, 3.8) is 0 Å². The lowest BCUT2D eigenvalue weighted by molar-refractivity contribution is -0.122. The highest BCUT2D eigenvalue weighted by molar-refractivity contribution is 5.76. The molecule has 31 heavy (non-hydrogen) atoms. The zero-order valence-electron chi connectivity index (χ0n) is 17.8. The third-order valence-electron chi connectivity index (χ3n) is 5.55. The van der Waals surface area contributed by atoms with Gasteiger partial charge >= 0.3 is 0 Å². The molecule has 1 aromatic carbocycles. The molecule has 0 radical (unpaired) electrons. The van der Waals surface area contributed by atoms with Gasteiger partial charge in [0.2, 0.25) is 17.6 Å². The minimum Gasteiger partial charge on any atom is -0.348 e. The Balaban J connectivity index is 1.34. The molecule has 1 amide bonds. The van der Waals surface area contributed by atoms with Crippen LogP contribution in [0, 0.1) is 0 Å². The lowest BCUT2D eigenvalue weighted by Gasteiger charge is -2.35. The number of carbonyl (C=O) groups is 1. The summed E-state index contributed by atoms with van der Waals surface area (Å²) in [5.74, 6) is 0.943. The fraction of sp³-hybridized carbons (Fsp3) is 0.391. The van der Waals surface area contributed by atoms with E-state index in [9.17, 15) is 4.79 Å². The minimum atomic E-state index is -0.0489. The van der Waals surface area contributed by atoms with E-state index in [-0.39, 0.29) is 11.9 Å². The first-order valence-electron chi connectivity index (χ1n) is 10.7. The topological polar surface area (TPSA) is 87.4 Å². The van der Waals surface area contributed by atoms with Gasteiger partial charge in [0.15, 0.2) is 0 Å². The predicted octanol–water partition coefficient (Wildman–Crippen LogP) is 2.17. The lowest BCUT2D eigenvalue weighted by Crippen LogP contribution is -2.47. The maximum atomic E-state index is 12.7. The molecule has 162 valence electrons. The zero-order chi connectivity index (χ0) is 21.5. The maximum Gasteiger partial charge on any atom is 0.227 e. The normalized spacial score (nSPS) is 16.2. The molecular formula is C23H28N6O2. The molecule has 1 atom stereocenters. The SMILES string of the molecule is CN1CCN(CC(NC(=O)CCc2nc(-c3ccncc3)no2)c2ccccc2)CC1. The first-order chi connectivity index (χ1) is 15.2. The van der Waals surface area contributed by atoms with Crippen LogP contribution in [0.4, 0.5) is 0 Å². The second-order valence-corrected chi connectivity index (χ2v) is 7.88. The molecular weight excluding hydrogens is 392 g/mol. The van der Waals surface area contributed by atoms with E-state index < -0.39 is 0 Å². The van der Waals surface area contributed by atoms with Crippen LogP contribution < -0.4 is 5.32 Å². The molecule has 0 saturated carbocycles. The van der Waals surface area contributed by atoms with Crippen LogP contribution in [0.5, 0.6) is 0 Å². The number of piperazine rings is 1. The molecule has 3 aromatic rings. The van der Waals surface area contributed by atoms with E-state index in [0.29, 0.717) is 24.6 Å². The van der Waals surface area contributed by atoms with Gasteiger partial charge in [-0.1, -0.05) is 35.5 Å². The van der Waals surface area contributed by atoms with Gasteiger partial charge in [-0.2, -0.15) is 4.98 Å². The van der Waals surface area contributed by atoms with Crippen LogP contribution in [0.2, 0.25) is 0 Å². The average Bonchev–Trinajstić information content (AvgIpc) is 3.29. The Morgan fingerprint density at radius 2 is 1.84 bits per heavy atom. The number of hydrogen-bond acceptors (Lipinski definition) is 7. The highest BCUT2D eigenvalue weighted by Gasteiger charge is 2.21. The molecule has 0 spiro atoms. The van der Waals surface area contributed by atoms with E-state index in [4.69, 9.17) is 4.52 Å². The van der Waals surface area contributed by atoms with Crippen molar-refractivity contribution >= 4 is 5.91 Å². The predicted molar refractivity (Wildman–Crippen MR) is 117 cm³/mol. The third kappa shape index (κ3) is 5.96. The fourth-order valence-electron chi connectivity index (χ4n) is 3.67. The molecule has 4 rings (SSSR count). The zero-order valence-corrected chi connectivity index (χ0v) is 17.8. The number of rotatable bonds is 8. The van der Waals surface area contributed by atoms with Crippen molar-refractivity contribution in [1.82, 2.24) is 30.2 Å². The van der Waals surface area contributed by atoms with Crippen LogP contribution in [0.3, 0.4) is 0 Å². The van der Waals surface area contributed by atoms with E-state index >= 15 is 0 Å². The monoisotopic (exact) mass is 420 g/mol. The van der Waals surface area contributed by atoms with Gasteiger partial charge in [-0.25, -0.2) is 0 Å². The first kappa shape index (κ1) is 21.1. The molecule has 8 heteroatoms. The Morgan fingerprint density at radius 1 is 1.10 bits per heavy atom. The van der Waals surface area contributed by atoms with Crippen LogP contribution in [0.25, 0.3) is 11.4 Å². The molecule has 3 heterocycles. The number of hydrogen-bond donors (Lipinski definition) is 1. The Kier molecular flexibility index (Phi) is 7.01. The molecule has 1 fully saturated rings. The number of aryl methyl sites for hydroxylation is 1. The second-order valence-electron chi connectivity index (χ2n) is 7.88. The van der Waals surface area contributed by atoms with Crippen molar-refractivity contribution in [3.05, 3.63) is 66.3 Å². The van der Waals surface area contributed by atoms with Gasteiger partial charge in [0.05, 0.1) is 6.04 Å². The largest absolute Gasteiger partial charge is 0.348 e. The summed E-state index contributed by atoms with van der Waals surface area (Å²) >= 11 is 0. The minimum absolute atomic E-state index is 0.0216. The highest BCUT2D eigenvalue weighted by atomic mass is 16.5. The highest BCUT2D eigenvalue weighted by Crippen LogP contribution is 2.17. The number of nitrogens with zero attached hydrogens (tertiary/aromatic N) is 5. The lowest BCUT2D eigenvalue weighted by atomic mass is 10.1. The van der Waals surface area contributed by atoms with Crippen LogP contribution in [-0.4, -0.2) is 70.6 Å². The number of benzene rings is 1. The fourth-order valence-corrected chi connectivity index (χ4v) is 3.67. The molecule has 0 aliphatic carbocycles. The number of amides is 1. The number of likely N-dealkylation sites (N-methyl/N-ethyl adjacent to an activating group) is 1. The molecule has 1 aliphatic rings. The van der Waals surface area contributed by atoms with Gasteiger partial charge in [-0.05, 0) is 24.7 Å². The summed E-state index contributed by atoms with van der Waals surface area (Å²) in [5, 5.41) is 7.21. The summed E-state index contributed by atoms with van der Waals surface area (Å²) in [7, 11) is 2.14. The second kappa shape index (κ2) is 10.3. The number of aromatic nitrogens is 3.